The van der Waals surface area contributed by atoms with Gasteiger partial charge in [0.2, 0.25) is 0 Å². The predicted molar refractivity (Wildman–Crippen MR) is 86.7 cm³/mol. The molecule has 2 aromatic rings. The summed E-state index contributed by atoms with van der Waals surface area (Å²) in [5.74, 6) is 5.63. The normalized spacial score (nSPS) is 12.4. The molecule has 0 saturated carbocycles. The van der Waals surface area contributed by atoms with Gasteiger partial charge in [0, 0.05) is 20.1 Å². The second kappa shape index (κ2) is 6.99. The van der Waals surface area contributed by atoms with Crippen LogP contribution in [0.3, 0.4) is 0 Å². The lowest BCUT2D eigenvalue weighted by molar-refractivity contribution is 0.552. The monoisotopic (exact) mass is 348 g/mol. The lowest BCUT2D eigenvalue weighted by Gasteiger charge is -2.18. The Hall–Kier alpha value is -0.480. The Labute approximate surface area is 137 Å². The molecular formula is C14H12Cl4N2. The maximum absolute atomic E-state index is 6.18. The van der Waals surface area contributed by atoms with Gasteiger partial charge in [0.05, 0.1) is 6.04 Å². The number of nitrogens with one attached hydrogen (secondary N) is 1. The summed E-state index contributed by atoms with van der Waals surface area (Å²) in [6.07, 6.45) is 0.600. The van der Waals surface area contributed by atoms with Crippen LogP contribution in [0.15, 0.2) is 36.4 Å². The highest BCUT2D eigenvalue weighted by Crippen LogP contribution is 2.28. The molecule has 0 radical (unpaired) electrons. The highest BCUT2D eigenvalue weighted by molar-refractivity contribution is 6.35. The first-order chi connectivity index (χ1) is 9.49. The Morgan fingerprint density at radius 2 is 1.55 bits per heavy atom. The van der Waals surface area contributed by atoms with E-state index in [4.69, 9.17) is 52.2 Å². The number of hydrogen-bond acceptors (Lipinski definition) is 2. The average molecular weight is 350 g/mol. The first-order valence-corrected chi connectivity index (χ1v) is 7.37. The van der Waals surface area contributed by atoms with Crippen LogP contribution in [0.25, 0.3) is 0 Å². The van der Waals surface area contributed by atoms with Gasteiger partial charge in [-0.2, -0.15) is 0 Å². The van der Waals surface area contributed by atoms with E-state index in [1.165, 1.54) is 0 Å². The van der Waals surface area contributed by atoms with E-state index < -0.39 is 0 Å². The molecule has 0 heterocycles. The minimum absolute atomic E-state index is 0.148. The van der Waals surface area contributed by atoms with Gasteiger partial charge in [0.25, 0.3) is 0 Å². The Morgan fingerprint density at radius 1 is 0.900 bits per heavy atom. The first-order valence-electron chi connectivity index (χ1n) is 5.85. The summed E-state index contributed by atoms with van der Waals surface area (Å²) in [6.45, 7) is 0. The van der Waals surface area contributed by atoms with Crippen LogP contribution < -0.4 is 11.3 Å². The van der Waals surface area contributed by atoms with Gasteiger partial charge in [-0.05, 0) is 47.9 Å². The van der Waals surface area contributed by atoms with Crippen LogP contribution in [-0.4, -0.2) is 0 Å². The van der Waals surface area contributed by atoms with Crippen molar-refractivity contribution < 1.29 is 0 Å². The molecule has 0 spiro atoms. The van der Waals surface area contributed by atoms with Gasteiger partial charge in [-0.1, -0.05) is 52.5 Å². The Bertz CT molecular complexity index is 596. The zero-order valence-electron chi connectivity index (χ0n) is 10.3. The van der Waals surface area contributed by atoms with Gasteiger partial charge in [-0.25, -0.2) is 0 Å². The lowest BCUT2D eigenvalue weighted by atomic mass is 9.99. The molecule has 0 amide bonds. The quantitative estimate of drug-likeness (QED) is 0.598. The van der Waals surface area contributed by atoms with Crippen molar-refractivity contribution >= 4 is 46.4 Å². The fraction of sp³-hybridized carbons (Fsp3) is 0.143. The fourth-order valence-corrected chi connectivity index (χ4v) is 2.99. The molecule has 0 aliphatic heterocycles. The number of hydrazine groups is 1. The Morgan fingerprint density at radius 3 is 2.10 bits per heavy atom. The molecule has 1 unspecified atom stereocenters. The predicted octanol–water partition coefficient (Wildman–Crippen LogP) is 5.05. The van der Waals surface area contributed by atoms with Crippen molar-refractivity contribution in [3.63, 3.8) is 0 Å². The molecule has 1 atom stereocenters. The first kappa shape index (κ1) is 15.9. The smallest absolute Gasteiger partial charge is 0.0501 e. The maximum Gasteiger partial charge on any atom is 0.0501 e. The largest absolute Gasteiger partial charge is 0.271 e. The van der Waals surface area contributed by atoms with Crippen molar-refractivity contribution in [2.45, 2.75) is 12.5 Å². The number of halogens is 4. The van der Waals surface area contributed by atoms with Crippen molar-refractivity contribution in [2.75, 3.05) is 0 Å². The van der Waals surface area contributed by atoms with E-state index in [0.29, 0.717) is 26.5 Å². The van der Waals surface area contributed by atoms with Gasteiger partial charge >= 0.3 is 0 Å². The van der Waals surface area contributed by atoms with E-state index in [-0.39, 0.29) is 6.04 Å². The molecule has 6 heteroatoms. The molecule has 0 fully saturated rings. The Balaban J connectivity index is 2.28. The fourth-order valence-electron chi connectivity index (χ4n) is 1.96. The van der Waals surface area contributed by atoms with Crippen molar-refractivity contribution in [1.29, 1.82) is 0 Å². The Kier molecular flexibility index (Phi) is 5.56. The maximum atomic E-state index is 6.18. The lowest BCUT2D eigenvalue weighted by Crippen LogP contribution is -2.29. The molecule has 20 heavy (non-hydrogen) atoms. The second-order valence-electron chi connectivity index (χ2n) is 4.36. The van der Waals surface area contributed by atoms with Gasteiger partial charge in [0.15, 0.2) is 0 Å². The van der Waals surface area contributed by atoms with Crippen LogP contribution in [0.2, 0.25) is 20.1 Å². The van der Waals surface area contributed by atoms with E-state index in [1.807, 2.05) is 18.2 Å². The van der Waals surface area contributed by atoms with Crippen molar-refractivity contribution in [2.24, 2.45) is 5.84 Å². The zero-order chi connectivity index (χ0) is 14.7. The van der Waals surface area contributed by atoms with Crippen LogP contribution >= 0.6 is 46.4 Å². The molecule has 0 aliphatic rings. The minimum Gasteiger partial charge on any atom is -0.271 e. The van der Waals surface area contributed by atoms with Crippen LogP contribution in [0.5, 0.6) is 0 Å². The number of benzene rings is 2. The van der Waals surface area contributed by atoms with E-state index >= 15 is 0 Å². The molecule has 0 aromatic heterocycles. The second-order valence-corrected chi connectivity index (χ2v) is 6.08. The molecule has 2 nitrogen and oxygen atoms in total. The average Bonchev–Trinajstić information content (AvgIpc) is 2.36. The molecule has 2 rings (SSSR count). The zero-order valence-corrected chi connectivity index (χ0v) is 13.4. The molecular weight excluding hydrogens is 338 g/mol. The van der Waals surface area contributed by atoms with Gasteiger partial charge < -0.3 is 0 Å². The van der Waals surface area contributed by atoms with Crippen molar-refractivity contribution in [3.05, 3.63) is 67.6 Å². The van der Waals surface area contributed by atoms with Gasteiger partial charge in [-0.3, -0.25) is 11.3 Å². The van der Waals surface area contributed by atoms with Crippen LogP contribution in [0, 0.1) is 0 Å². The third-order valence-corrected chi connectivity index (χ3v) is 3.95. The van der Waals surface area contributed by atoms with Crippen molar-refractivity contribution in [1.82, 2.24) is 5.43 Å². The number of rotatable bonds is 4. The van der Waals surface area contributed by atoms with Crippen LogP contribution in [0.1, 0.15) is 17.2 Å². The molecule has 2 aromatic carbocycles. The molecule has 3 N–H and O–H groups in total. The molecule has 0 saturated heterocycles. The number of hydrogen-bond donors (Lipinski definition) is 2. The number of nitrogens with two attached hydrogens (primary N) is 1. The molecule has 0 aliphatic carbocycles. The highest BCUT2D eigenvalue weighted by Gasteiger charge is 2.14. The summed E-state index contributed by atoms with van der Waals surface area (Å²) in [5.41, 5.74) is 4.59. The van der Waals surface area contributed by atoms with E-state index in [1.54, 1.807) is 18.2 Å². The third-order valence-electron chi connectivity index (χ3n) is 2.93. The summed E-state index contributed by atoms with van der Waals surface area (Å²) in [5, 5.41) is 2.33. The van der Waals surface area contributed by atoms with E-state index in [9.17, 15) is 0 Å². The molecule has 106 valence electrons. The third kappa shape index (κ3) is 4.01. The summed E-state index contributed by atoms with van der Waals surface area (Å²) in [6, 6.07) is 10.5. The van der Waals surface area contributed by atoms with E-state index in [0.717, 1.165) is 11.1 Å². The van der Waals surface area contributed by atoms with Gasteiger partial charge in [-0.15, -0.1) is 0 Å². The standard InChI is InChI=1S/C14H12Cl4N2/c15-10-2-1-8(13(18)7-10)5-14(20-19)9-3-11(16)6-12(17)4-9/h1-4,6-7,14,20H,5,19H2. The van der Waals surface area contributed by atoms with Gasteiger partial charge in [0.1, 0.15) is 0 Å². The van der Waals surface area contributed by atoms with Crippen molar-refractivity contribution in [3.8, 4) is 0 Å². The minimum atomic E-state index is -0.148. The summed E-state index contributed by atoms with van der Waals surface area (Å²) in [4.78, 5) is 0. The summed E-state index contributed by atoms with van der Waals surface area (Å²) >= 11 is 24.1. The summed E-state index contributed by atoms with van der Waals surface area (Å²) < 4.78 is 0. The molecule has 0 bridgehead atoms. The SMILES string of the molecule is NNC(Cc1ccc(Cl)cc1Cl)c1cc(Cl)cc(Cl)c1. The topological polar surface area (TPSA) is 38.0 Å². The van der Waals surface area contributed by atoms with E-state index in [2.05, 4.69) is 5.43 Å². The highest BCUT2D eigenvalue weighted by atomic mass is 35.5. The summed E-state index contributed by atoms with van der Waals surface area (Å²) in [7, 11) is 0. The van der Waals surface area contributed by atoms with Crippen LogP contribution in [0.4, 0.5) is 0 Å². The van der Waals surface area contributed by atoms with Crippen LogP contribution in [-0.2, 0) is 6.42 Å².